The van der Waals surface area contributed by atoms with E-state index in [2.05, 4.69) is 0 Å². The van der Waals surface area contributed by atoms with E-state index in [0.717, 1.165) is 41.7 Å². The minimum absolute atomic E-state index is 0.251. The van der Waals surface area contributed by atoms with Gasteiger partial charge in [-0.3, -0.25) is 0 Å². The maximum atomic E-state index is 8.69. The average Bonchev–Trinajstić information content (AvgIpc) is 2.31. The fourth-order valence-electron chi connectivity index (χ4n) is 1.89. The van der Waals surface area contributed by atoms with Gasteiger partial charge in [0.2, 0.25) is 0 Å². The van der Waals surface area contributed by atoms with E-state index in [1.54, 1.807) is 0 Å². The molecule has 0 bridgehead atoms. The van der Waals surface area contributed by atoms with Gasteiger partial charge in [-0.2, -0.15) is 0 Å². The molecule has 0 atom stereocenters. The average molecular weight is 267 g/mol. The van der Waals surface area contributed by atoms with Gasteiger partial charge in [0.05, 0.1) is 6.61 Å². The summed E-state index contributed by atoms with van der Waals surface area (Å²) in [5.74, 6) is 0.916. The summed E-state index contributed by atoms with van der Waals surface area (Å²) >= 11 is 4.97. The van der Waals surface area contributed by atoms with Crippen molar-refractivity contribution in [1.82, 2.24) is 0 Å². The van der Waals surface area contributed by atoms with Crippen molar-refractivity contribution in [3.63, 3.8) is 0 Å². The highest BCUT2D eigenvalue weighted by atomic mass is 32.1. The van der Waals surface area contributed by atoms with Gasteiger partial charge in [-0.1, -0.05) is 12.2 Å². The van der Waals surface area contributed by atoms with Crippen LogP contribution in [0.4, 0.5) is 0 Å². The smallest absolute Gasteiger partial charge is 0.125 e. The highest BCUT2D eigenvalue weighted by Crippen LogP contribution is 2.25. The molecule has 0 saturated heterocycles. The normalized spacial score (nSPS) is 10.4. The van der Waals surface area contributed by atoms with E-state index in [4.69, 9.17) is 27.8 Å². The summed E-state index contributed by atoms with van der Waals surface area (Å²) in [6.45, 7) is 4.92. The molecule has 0 spiro atoms. The number of nitrogens with two attached hydrogens (primary N) is 1. The largest absolute Gasteiger partial charge is 0.493 e. The summed E-state index contributed by atoms with van der Waals surface area (Å²) in [6.07, 6.45) is 2.78. The van der Waals surface area contributed by atoms with E-state index in [1.165, 1.54) is 0 Å². The number of hydrogen-bond acceptors (Lipinski definition) is 3. The van der Waals surface area contributed by atoms with Crippen LogP contribution in [-0.2, 0) is 0 Å². The number of aliphatic hydroxyl groups excluding tert-OH is 1. The van der Waals surface area contributed by atoms with E-state index in [9.17, 15) is 0 Å². The van der Waals surface area contributed by atoms with Gasteiger partial charge in [0, 0.05) is 12.2 Å². The van der Waals surface area contributed by atoms with Crippen LogP contribution >= 0.6 is 12.2 Å². The van der Waals surface area contributed by atoms with Crippen molar-refractivity contribution in [1.29, 1.82) is 0 Å². The molecule has 3 N–H and O–H groups in total. The minimum atomic E-state index is 0.251. The first kappa shape index (κ1) is 14.9. The van der Waals surface area contributed by atoms with Crippen LogP contribution in [0.5, 0.6) is 5.75 Å². The summed E-state index contributed by atoms with van der Waals surface area (Å²) in [6, 6.07) is 3.91. The van der Waals surface area contributed by atoms with Crippen molar-refractivity contribution >= 4 is 17.2 Å². The number of hydrogen-bond donors (Lipinski definition) is 2. The van der Waals surface area contributed by atoms with E-state index >= 15 is 0 Å². The first-order valence-corrected chi connectivity index (χ1v) is 6.61. The number of rotatable bonds is 7. The van der Waals surface area contributed by atoms with Gasteiger partial charge in [0.15, 0.2) is 0 Å². The predicted octanol–water partition coefficient (Wildman–Crippen LogP) is 2.48. The number of ether oxygens (including phenoxy) is 1. The Bertz CT molecular complexity index is 395. The Labute approximate surface area is 114 Å². The minimum Gasteiger partial charge on any atom is -0.493 e. The van der Waals surface area contributed by atoms with E-state index in [1.807, 2.05) is 26.0 Å². The molecule has 1 rings (SSSR count). The lowest BCUT2D eigenvalue weighted by atomic mass is 10.1. The third kappa shape index (κ3) is 4.27. The van der Waals surface area contributed by atoms with Crippen LogP contribution in [0.1, 0.15) is 36.0 Å². The lowest BCUT2D eigenvalue weighted by molar-refractivity contribution is 0.265. The second-order valence-electron chi connectivity index (χ2n) is 4.44. The molecule has 0 aliphatic heterocycles. The molecule has 0 radical (unpaired) electrons. The number of aryl methyl sites for hydroxylation is 2. The van der Waals surface area contributed by atoms with Crippen molar-refractivity contribution in [2.24, 2.45) is 5.73 Å². The van der Waals surface area contributed by atoms with Crippen molar-refractivity contribution in [3.8, 4) is 5.75 Å². The van der Waals surface area contributed by atoms with Crippen LogP contribution in [-0.4, -0.2) is 23.3 Å². The monoisotopic (exact) mass is 267 g/mol. The number of unbranched alkanes of at least 4 members (excludes halogenated alkanes) is 2. The first-order valence-electron chi connectivity index (χ1n) is 6.21. The maximum Gasteiger partial charge on any atom is 0.125 e. The van der Waals surface area contributed by atoms with Crippen LogP contribution in [0.15, 0.2) is 12.1 Å². The molecular formula is C14H21NO2S. The molecule has 0 saturated carbocycles. The standard InChI is InChI=1S/C14H21NO2S/c1-10-8-12(14(15)18)9-11(2)13(10)17-7-5-3-4-6-16/h8-9,16H,3-7H2,1-2H3,(H2,15,18). The second kappa shape index (κ2) is 7.34. The lowest BCUT2D eigenvalue weighted by Crippen LogP contribution is -2.10. The van der Waals surface area contributed by atoms with Gasteiger partial charge in [0.25, 0.3) is 0 Å². The Kier molecular flexibility index (Phi) is 6.09. The molecular weight excluding hydrogens is 246 g/mol. The summed E-state index contributed by atoms with van der Waals surface area (Å²) in [4.78, 5) is 0.413. The Morgan fingerprint density at radius 3 is 2.33 bits per heavy atom. The molecule has 18 heavy (non-hydrogen) atoms. The molecule has 1 aromatic carbocycles. The van der Waals surface area contributed by atoms with Crippen LogP contribution in [0, 0.1) is 13.8 Å². The quantitative estimate of drug-likeness (QED) is 0.588. The Balaban J connectivity index is 2.63. The number of thiocarbonyl (C=S) groups is 1. The molecule has 0 heterocycles. The molecule has 0 unspecified atom stereocenters. The molecule has 0 aliphatic carbocycles. The molecule has 0 aromatic heterocycles. The van der Waals surface area contributed by atoms with E-state index in [0.29, 0.717) is 11.6 Å². The van der Waals surface area contributed by atoms with Crippen LogP contribution in [0.25, 0.3) is 0 Å². The van der Waals surface area contributed by atoms with Gasteiger partial charge in [-0.25, -0.2) is 0 Å². The predicted molar refractivity (Wildman–Crippen MR) is 78.2 cm³/mol. The fourth-order valence-corrected chi connectivity index (χ4v) is 2.00. The fraction of sp³-hybridized carbons (Fsp3) is 0.500. The summed E-state index contributed by atoms with van der Waals surface area (Å²) in [5, 5.41) is 8.69. The summed E-state index contributed by atoms with van der Waals surface area (Å²) in [7, 11) is 0. The van der Waals surface area contributed by atoms with Gasteiger partial charge in [-0.05, 0) is 56.4 Å². The highest BCUT2D eigenvalue weighted by Gasteiger charge is 2.07. The van der Waals surface area contributed by atoms with Crippen molar-refractivity contribution in [3.05, 3.63) is 28.8 Å². The number of benzene rings is 1. The van der Waals surface area contributed by atoms with Crippen molar-refractivity contribution < 1.29 is 9.84 Å². The Morgan fingerprint density at radius 1 is 1.22 bits per heavy atom. The van der Waals surface area contributed by atoms with Crippen LogP contribution < -0.4 is 10.5 Å². The first-order chi connectivity index (χ1) is 8.56. The number of aliphatic hydroxyl groups is 1. The topological polar surface area (TPSA) is 55.5 Å². The van der Waals surface area contributed by atoms with Crippen molar-refractivity contribution in [2.75, 3.05) is 13.2 Å². The Hall–Kier alpha value is -1.13. The molecule has 4 heteroatoms. The zero-order chi connectivity index (χ0) is 13.5. The maximum absolute atomic E-state index is 8.69. The molecule has 0 amide bonds. The van der Waals surface area contributed by atoms with Gasteiger partial charge in [-0.15, -0.1) is 0 Å². The van der Waals surface area contributed by atoms with E-state index in [-0.39, 0.29) is 6.61 Å². The third-order valence-electron chi connectivity index (χ3n) is 2.79. The van der Waals surface area contributed by atoms with Crippen molar-refractivity contribution in [2.45, 2.75) is 33.1 Å². The zero-order valence-corrected chi connectivity index (χ0v) is 11.8. The SMILES string of the molecule is Cc1cc(C(N)=S)cc(C)c1OCCCCCO. The molecule has 0 aliphatic rings. The molecule has 100 valence electrons. The molecule has 0 fully saturated rings. The zero-order valence-electron chi connectivity index (χ0n) is 11.0. The summed E-state index contributed by atoms with van der Waals surface area (Å²) in [5.41, 5.74) is 8.62. The third-order valence-corrected chi connectivity index (χ3v) is 3.03. The van der Waals surface area contributed by atoms with Gasteiger partial charge >= 0.3 is 0 Å². The molecule has 1 aromatic rings. The Morgan fingerprint density at radius 2 is 1.83 bits per heavy atom. The van der Waals surface area contributed by atoms with Gasteiger partial charge in [0.1, 0.15) is 10.7 Å². The summed E-state index contributed by atoms with van der Waals surface area (Å²) < 4.78 is 5.78. The van der Waals surface area contributed by atoms with Gasteiger partial charge < -0.3 is 15.6 Å². The highest BCUT2D eigenvalue weighted by molar-refractivity contribution is 7.80. The van der Waals surface area contributed by atoms with Crippen LogP contribution in [0.2, 0.25) is 0 Å². The lowest BCUT2D eigenvalue weighted by Gasteiger charge is -2.13. The second-order valence-corrected chi connectivity index (χ2v) is 4.88. The van der Waals surface area contributed by atoms with E-state index < -0.39 is 0 Å². The molecule has 3 nitrogen and oxygen atoms in total. The van der Waals surface area contributed by atoms with Crippen LogP contribution in [0.3, 0.4) is 0 Å².